The lowest BCUT2D eigenvalue weighted by atomic mass is 10.1. The van der Waals surface area contributed by atoms with Crippen molar-refractivity contribution in [1.82, 2.24) is 9.88 Å². The Labute approximate surface area is 118 Å². The minimum Gasteiger partial charge on any atom is -0.331 e. The van der Waals surface area contributed by atoms with Crippen LogP contribution < -0.4 is 0 Å². The molecule has 3 nitrogen and oxygen atoms in total. The molecular formula is C14H12F2N2OS. The molecule has 1 saturated heterocycles. The van der Waals surface area contributed by atoms with Gasteiger partial charge in [0.25, 0.3) is 5.91 Å². The van der Waals surface area contributed by atoms with Gasteiger partial charge in [0, 0.05) is 12.7 Å². The van der Waals surface area contributed by atoms with Gasteiger partial charge in [-0.3, -0.25) is 4.79 Å². The van der Waals surface area contributed by atoms with Gasteiger partial charge in [-0.05, 0) is 41.3 Å². The lowest BCUT2D eigenvalue weighted by molar-refractivity contribution is 0.0729. The highest BCUT2D eigenvalue weighted by Crippen LogP contribution is 2.34. The molecule has 0 saturated carbocycles. The standard InChI is InChI=1S/C14H12F2N2OS/c15-12-10(3-5-17-13(12)16)14(19)18-6-1-2-11(18)9-4-7-20-8-9/h3-5,7-8,11H,1-2,6H2. The molecule has 6 heteroatoms. The van der Waals surface area contributed by atoms with Crippen LogP contribution in [0, 0.1) is 11.8 Å². The molecule has 0 N–H and O–H groups in total. The van der Waals surface area contributed by atoms with Gasteiger partial charge in [-0.2, -0.15) is 15.7 Å². The van der Waals surface area contributed by atoms with Crippen molar-refractivity contribution < 1.29 is 13.6 Å². The molecule has 0 bridgehead atoms. The summed E-state index contributed by atoms with van der Waals surface area (Å²) < 4.78 is 26.8. The highest BCUT2D eigenvalue weighted by Gasteiger charge is 2.32. The van der Waals surface area contributed by atoms with Gasteiger partial charge in [0.05, 0.1) is 11.6 Å². The Balaban J connectivity index is 1.92. The smallest absolute Gasteiger partial charge is 0.257 e. The molecule has 1 atom stereocenters. The van der Waals surface area contributed by atoms with Gasteiger partial charge in [-0.15, -0.1) is 0 Å². The predicted molar refractivity (Wildman–Crippen MR) is 71.5 cm³/mol. The zero-order valence-electron chi connectivity index (χ0n) is 10.6. The molecule has 1 fully saturated rings. The van der Waals surface area contributed by atoms with Gasteiger partial charge < -0.3 is 4.90 Å². The number of nitrogens with zero attached hydrogens (tertiary/aromatic N) is 2. The molecule has 1 aliphatic heterocycles. The number of likely N-dealkylation sites (tertiary alicyclic amines) is 1. The number of carbonyl (C=O) groups is 1. The number of pyridine rings is 1. The number of carbonyl (C=O) groups excluding carboxylic acids is 1. The summed E-state index contributed by atoms with van der Waals surface area (Å²) in [4.78, 5) is 17.2. The van der Waals surface area contributed by atoms with E-state index in [1.54, 1.807) is 16.2 Å². The van der Waals surface area contributed by atoms with Crippen molar-refractivity contribution in [3.8, 4) is 0 Å². The summed E-state index contributed by atoms with van der Waals surface area (Å²) in [7, 11) is 0. The molecule has 1 unspecified atom stereocenters. The third-order valence-corrected chi connectivity index (χ3v) is 4.22. The van der Waals surface area contributed by atoms with Gasteiger partial charge in [0.2, 0.25) is 5.95 Å². The third-order valence-electron chi connectivity index (χ3n) is 3.52. The van der Waals surface area contributed by atoms with Crippen molar-refractivity contribution in [3.05, 3.63) is 52.0 Å². The Morgan fingerprint density at radius 3 is 3.00 bits per heavy atom. The lowest BCUT2D eigenvalue weighted by Crippen LogP contribution is -2.31. The number of rotatable bonds is 2. The molecule has 2 aromatic heterocycles. The number of aromatic nitrogens is 1. The molecule has 3 heterocycles. The van der Waals surface area contributed by atoms with Gasteiger partial charge in [0.1, 0.15) is 0 Å². The number of hydrogen-bond acceptors (Lipinski definition) is 3. The molecule has 0 aromatic carbocycles. The summed E-state index contributed by atoms with van der Waals surface area (Å²) >= 11 is 1.56. The summed E-state index contributed by atoms with van der Waals surface area (Å²) in [6.07, 6.45) is 2.82. The Kier molecular flexibility index (Phi) is 3.48. The largest absolute Gasteiger partial charge is 0.331 e. The zero-order chi connectivity index (χ0) is 14.1. The third kappa shape index (κ3) is 2.20. The van der Waals surface area contributed by atoms with Crippen LogP contribution in [0.3, 0.4) is 0 Å². The fraction of sp³-hybridized carbons (Fsp3) is 0.286. The van der Waals surface area contributed by atoms with Crippen LogP contribution in [-0.2, 0) is 0 Å². The number of halogens is 2. The Morgan fingerprint density at radius 2 is 2.25 bits per heavy atom. The molecule has 0 spiro atoms. The Hall–Kier alpha value is -1.82. The van der Waals surface area contributed by atoms with Gasteiger partial charge >= 0.3 is 0 Å². The molecule has 104 valence electrons. The summed E-state index contributed by atoms with van der Waals surface area (Å²) in [6, 6.07) is 3.14. The van der Waals surface area contributed by atoms with Gasteiger partial charge in [-0.25, -0.2) is 9.37 Å². The van der Waals surface area contributed by atoms with E-state index in [0.717, 1.165) is 24.6 Å². The molecule has 0 radical (unpaired) electrons. The van der Waals surface area contributed by atoms with Crippen molar-refractivity contribution in [3.63, 3.8) is 0 Å². The van der Waals surface area contributed by atoms with E-state index >= 15 is 0 Å². The van der Waals surface area contributed by atoms with E-state index < -0.39 is 17.7 Å². The second-order valence-corrected chi connectivity index (χ2v) is 5.46. The van der Waals surface area contributed by atoms with Crippen molar-refractivity contribution >= 4 is 17.2 Å². The van der Waals surface area contributed by atoms with Gasteiger partial charge in [-0.1, -0.05) is 0 Å². The fourth-order valence-electron chi connectivity index (χ4n) is 2.56. The van der Waals surface area contributed by atoms with Crippen LogP contribution in [-0.4, -0.2) is 22.3 Å². The normalized spacial score (nSPS) is 18.5. The summed E-state index contributed by atoms with van der Waals surface area (Å²) in [6.45, 7) is 0.558. The Bertz CT molecular complexity index is 630. The minimum absolute atomic E-state index is 0.0515. The Morgan fingerprint density at radius 1 is 1.40 bits per heavy atom. The average molecular weight is 294 g/mol. The minimum atomic E-state index is -1.23. The maximum absolute atomic E-state index is 13.7. The quantitative estimate of drug-likeness (QED) is 0.795. The maximum atomic E-state index is 13.7. The maximum Gasteiger partial charge on any atom is 0.257 e. The van der Waals surface area contributed by atoms with E-state index in [1.165, 1.54) is 6.07 Å². The highest BCUT2D eigenvalue weighted by atomic mass is 32.1. The van der Waals surface area contributed by atoms with Crippen molar-refractivity contribution in [1.29, 1.82) is 0 Å². The molecule has 20 heavy (non-hydrogen) atoms. The first-order chi connectivity index (χ1) is 9.68. The highest BCUT2D eigenvalue weighted by molar-refractivity contribution is 7.07. The van der Waals surface area contributed by atoms with E-state index in [1.807, 2.05) is 16.8 Å². The number of amides is 1. The van der Waals surface area contributed by atoms with E-state index in [2.05, 4.69) is 4.98 Å². The molecule has 3 rings (SSSR count). The molecule has 1 aliphatic rings. The first-order valence-electron chi connectivity index (χ1n) is 6.31. The van der Waals surface area contributed by atoms with Crippen LogP contribution in [0.4, 0.5) is 8.78 Å². The summed E-state index contributed by atoms with van der Waals surface area (Å²) in [5.41, 5.74) is 0.801. The van der Waals surface area contributed by atoms with Crippen LogP contribution >= 0.6 is 11.3 Å². The first kappa shape index (κ1) is 13.2. The first-order valence-corrected chi connectivity index (χ1v) is 7.26. The van der Waals surface area contributed by atoms with E-state index in [0.29, 0.717) is 6.54 Å². The van der Waals surface area contributed by atoms with E-state index in [-0.39, 0.29) is 11.6 Å². The van der Waals surface area contributed by atoms with Crippen LogP contribution in [0.1, 0.15) is 34.8 Å². The molecular weight excluding hydrogens is 282 g/mol. The van der Waals surface area contributed by atoms with Crippen LogP contribution in [0.5, 0.6) is 0 Å². The van der Waals surface area contributed by atoms with Crippen LogP contribution in [0.25, 0.3) is 0 Å². The molecule has 0 aliphatic carbocycles. The molecule has 1 amide bonds. The predicted octanol–water partition coefficient (Wildman–Crippen LogP) is 3.40. The topological polar surface area (TPSA) is 33.2 Å². The number of hydrogen-bond donors (Lipinski definition) is 0. The fourth-order valence-corrected chi connectivity index (χ4v) is 3.27. The van der Waals surface area contributed by atoms with Crippen molar-refractivity contribution in [2.75, 3.05) is 6.54 Å². The number of thiophene rings is 1. The van der Waals surface area contributed by atoms with Crippen LogP contribution in [0.2, 0.25) is 0 Å². The van der Waals surface area contributed by atoms with Crippen molar-refractivity contribution in [2.24, 2.45) is 0 Å². The summed E-state index contributed by atoms with van der Waals surface area (Å²) in [5.74, 6) is -2.88. The SMILES string of the molecule is O=C(c1ccnc(F)c1F)N1CCCC1c1ccsc1. The summed E-state index contributed by atoms with van der Waals surface area (Å²) in [5, 5.41) is 3.93. The second-order valence-electron chi connectivity index (χ2n) is 4.68. The van der Waals surface area contributed by atoms with Crippen molar-refractivity contribution in [2.45, 2.75) is 18.9 Å². The lowest BCUT2D eigenvalue weighted by Gasteiger charge is -2.24. The van der Waals surface area contributed by atoms with E-state index in [4.69, 9.17) is 0 Å². The molecule has 2 aromatic rings. The average Bonchev–Trinajstić information content (AvgIpc) is 3.10. The van der Waals surface area contributed by atoms with Crippen LogP contribution in [0.15, 0.2) is 29.1 Å². The van der Waals surface area contributed by atoms with Gasteiger partial charge in [0.15, 0.2) is 5.82 Å². The zero-order valence-corrected chi connectivity index (χ0v) is 11.4. The monoisotopic (exact) mass is 294 g/mol. The van der Waals surface area contributed by atoms with E-state index in [9.17, 15) is 13.6 Å². The second kappa shape index (κ2) is 5.28.